The second-order valence-corrected chi connectivity index (χ2v) is 11.5. The van der Waals surface area contributed by atoms with E-state index in [9.17, 15) is 23.6 Å². The zero-order valence-corrected chi connectivity index (χ0v) is 23.7. The van der Waals surface area contributed by atoms with Gasteiger partial charge in [0.05, 0.1) is 16.8 Å². The van der Waals surface area contributed by atoms with Gasteiger partial charge in [-0.05, 0) is 70.7 Å². The van der Waals surface area contributed by atoms with Gasteiger partial charge in [-0.15, -0.1) is 0 Å². The number of pyridine rings is 1. The molecule has 2 aliphatic rings. The van der Waals surface area contributed by atoms with Crippen molar-refractivity contribution in [1.82, 2.24) is 24.8 Å². The number of anilines is 1. The molecule has 2 aromatic heterocycles. The van der Waals surface area contributed by atoms with Gasteiger partial charge >= 0.3 is 6.09 Å². The van der Waals surface area contributed by atoms with Crippen LogP contribution in [-0.4, -0.2) is 73.4 Å². The molecule has 2 fully saturated rings. The van der Waals surface area contributed by atoms with Crippen LogP contribution in [0.3, 0.4) is 0 Å². The van der Waals surface area contributed by atoms with E-state index in [0.29, 0.717) is 37.2 Å². The zero-order chi connectivity index (χ0) is 30.0. The van der Waals surface area contributed by atoms with Gasteiger partial charge in [-0.25, -0.2) is 19.2 Å². The largest absolute Gasteiger partial charge is 0.444 e. The Labute approximate surface area is 242 Å². The molecule has 3 amide bonds. The third-order valence-corrected chi connectivity index (χ3v) is 7.10. The number of H-pyrrole nitrogens is 1. The number of hydrogen-bond donors (Lipinski definition) is 2. The standard InChI is InChI=1S/C30H33FN6O5/c1-30(2,3)42-29(41)36-12-10-22(11-13-36)37(21-6-7-21)28(40)19-15-33-26(34-16-19)23-8-4-18(14-24(23)31)27(39)35-20-5-9-25(38)32-17-20/h4-5,8-9,14-17,21-22H,6-7,10-13H2,1-3H3,(H,32,38)(H,35,39). The molecule has 11 nitrogen and oxygen atoms in total. The highest BCUT2D eigenvalue weighted by molar-refractivity contribution is 6.04. The first-order chi connectivity index (χ1) is 20.0. The normalized spacial score (nSPS) is 15.7. The molecule has 1 saturated carbocycles. The van der Waals surface area contributed by atoms with Crippen molar-refractivity contribution >= 4 is 23.6 Å². The maximum absolute atomic E-state index is 15.0. The molecule has 1 aliphatic heterocycles. The molecule has 2 N–H and O–H groups in total. The molecule has 0 bridgehead atoms. The smallest absolute Gasteiger partial charge is 0.410 e. The number of aromatic amines is 1. The van der Waals surface area contributed by atoms with Gasteiger partial charge in [0.2, 0.25) is 5.56 Å². The molecule has 42 heavy (non-hydrogen) atoms. The van der Waals surface area contributed by atoms with Crippen LogP contribution in [0, 0.1) is 5.82 Å². The van der Waals surface area contributed by atoms with Crippen molar-refractivity contribution < 1.29 is 23.5 Å². The Morgan fingerprint density at radius 3 is 2.24 bits per heavy atom. The van der Waals surface area contributed by atoms with Crippen molar-refractivity contribution in [3.63, 3.8) is 0 Å². The summed E-state index contributed by atoms with van der Waals surface area (Å²) in [6, 6.07) is 6.76. The minimum absolute atomic E-state index is 0.0179. The van der Waals surface area contributed by atoms with Crippen molar-refractivity contribution in [2.75, 3.05) is 18.4 Å². The molecule has 1 saturated heterocycles. The maximum Gasteiger partial charge on any atom is 0.410 e. The quantitative estimate of drug-likeness (QED) is 0.448. The number of carbonyl (C=O) groups excluding carboxylic acids is 3. The Hall–Kier alpha value is -4.61. The summed E-state index contributed by atoms with van der Waals surface area (Å²) < 4.78 is 20.5. The molecule has 1 aliphatic carbocycles. The van der Waals surface area contributed by atoms with Crippen molar-refractivity contribution in [2.24, 2.45) is 0 Å². The van der Waals surface area contributed by atoms with Crippen molar-refractivity contribution in [1.29, 1.82) is 0 Å². The number of piperidine rings is 1. The average Bonchev–Trinajstić information content (AvgIpc) is 3.79. The Morgan fingerprint density at radius 1 is 1.00 bits per heavy atom. The first kappa shape index (κ1) is 28.9. The number of hydrogen-bond acceptors (Lipinski definition) is 7. The van der Waals surface area contributed by atoms with Crippen molar-refractivity contribution in [3.05, 3.63) is 76.2 Å². The van der Waals surface area contributed by atoms with Crippen molar-refractivity contribution in [2.45, 2.75) is 64.1 Å². The zero-order valence-electron chi connectivity index (χ0n) is 23.7. The summed E-state index contributed by atoms with van der Waals surface area (Å²) in [7, 11) is 0. The predicted octanol–water partition coefficient (Wildman–Crippen LogP) is 4.23. The lowest BCUT2D eigenvalue weighted by molar-refractivity contribution is 0.0142. The molecular formula is C30H33FN6O5. The van der Waals surface area contributed by atoms with E-state index >= 15 is 0 Å². The minimum Gasteiger partial charge on any atom is -0.444 e. The number of nitrogens with zero attached hydrogens (tertiary/aromatic N) is 4. The van der Waals surface area contributed by atoms with Gasteiger partial charge in [0.25, 0.3) is 11.8 Å². The average molecular weight is 577 g/mol. The van der Waals surface area contributed by atoms with Gasteiger partial charge in [-0.1, -0.05) is 0 Å². The highest BCUT2D eigenvalue weighted by atomic mass is 19.1. The number of ether oxygens (including phenoxy) is 1. The molecule has 0 atom stereocenters. The molecule has 5 rings (SSSR count). The molecule has 3 heterocycles. The van der Waals surface area contributed by atoms with Gasteiger partial charge in [-0.2, -0.15) is 0 Å². The number of aromatic nitrogens is 3. The minimum atomic E-state index is -0.695. The van der Waals surface area contributed by atoms with E-state index in [1.54, 1.807) is 4.90 Å². The summed E-state index contributed by atoms with van der Waals surface area (Å²) in [5, 5.41) is 2.59. The highest BCUT2D eigenvalue weighted by Crippen LogP contribution is 2.33. The number of likely N-dealkylation sites (tertiary alicyclic amines) is 1. The summed E-state index contributed by atoms with van der Waals surface area (Å²) in [6.07, 6.45) is 6.93. The lowest BCUT2D eigenvalue weighted by atomic mass is 10.0. The number of benzene rings is 1. The highest BCUT2D eigenvalue weighted by Gasteiger charge is 2.40. The van der Waals surface area contributed by atoms with Crippen LogP contribution in [0.1, 0.15) is 67.2 Å². The van der Waals surface area contributed by atoms with E-state index in [1.807, 2.05) is 25.7 Å². The van der Waals surface area contributed by atoms with Crippen molar-refractivity contribution in [3.8, 4) is 11.4 Å². The third-order valence-electron chi connectivity index (χ3n) is 7.10. The molecule has 0 unspecified atom stereocenters. The van der Waals surface area contributed by atoms with Crippen LogP contribution in [0.25, 0.3) is 11.4 Å². The predicted molar refractivity (Wildman–Crippen MR) is 152 cm³/mol. The molecule has 0 radical (unpaired) electrons. The van der Waals surface area contributed by atoms with Crippen LogP contribution in [0.15, 0.2) is 53.7 Å². The number of amides is 3. The van der Waals surface area contributed by atoms with E-state index in [1.165, 1.54) is 42.9 Å². The summed E-state index contributed by atoms with van der Waals surface area (Å²) in [5.74, 6) is -1.35. The second kappa shape index (κ2) is 11.7. The van der Waals surface area contributed by atoms with Crippen LogP contribution in [-0.2, 0) is 4.74 Å². The summed E-state index contributed by atoms with van der Waals surface area (Å²) in [4.78, 5) is 64.2. The fourth-order valence-electron chi connectivity index (χ4n) is 4.89. The van der Waals surface area contributed by atoms with Gasteiger partial charge in [0.1, 0.15) is 11.4 Å². The summed E-state index contributed by atoms with van der Waals surface area (Å²) >= 11 is 0. The van der Waals surface area contributed by atoms with Gasteiger partial charge in [-0.3, -0.25) is 14.4 Å². The number of rotatable bonds is 6. The molecule has 0 spiro atoms. The molecule has 3 aromatic rings. The van der Waals surface area contributed by atoms with Crippen LogP contribution in [0.4, 0.5) is 14.9 Å². The summed E-state index contributed by atoms with van der Waals surface area (Å²) in [6.45, 7) is 6.50. The third kappa shape index (κ3) is 6.81. The van der Waals surface area contributed by atoms with E-state index in [-0.39, 0.29) is 46.6 Å². The van der Waals surface area contributed by atoms with E-state index in [4.69, 9.17) is 4.74 Å². The maximum atomic E-state index is 15.0. The molecule has 1 aromatic carbocycles. The van der Waals surface area contributed by atoms with Gasteiger partial charge in [0.15, 0.2) is 5.82 Å². The van der Waals surface area contributed by atoms with Gasteiger partial charge < -0.3 is 24.8 Å². The Bertz CT molecular complexity index is 1520. The van der Waals surface area contributed by atoms with E-state index < -0.39 is 17.3 Å². The topological polar surface area (TPSA) is 138 Å². The van der Waals surface area contributed by atoms with Crippen LogP contribution < -0.4 is 10.9 Å². The van der Waals surface area contributed by atoms with Crippen LogP contribution >= 0.6 is 0 Å². The lowest BCUT2D eigenvalue weighted by Gasteiger charge is -2.39. The monoisotopic (exact) mass is 576 g/mol. The van der Waals surface area contributed by atoms with E-state index in [2.05, 4.69) is 20.3 Å². The lowest BCUT2D eigenvalue weighted by Crippen LogP contribution is -2.50. The fourth-order valence-corrected chi connectivity index (χ4v) is 4.89. The summed E-state index contributed by atoms with van der Waals surface area (Å²) in [5.41, 5.74) is -0.0482. The van der Waals surface area contributed by atoms with E-state index in [0.717, 1.165) is 18.9 Å². The van der Waals surface area contributed by atoms with Crippen LogP contribution in [0.5, 0.6) is 0 Å². The SMILES string of the molecule is CC(C)(C)OC(=O)N1CCC(N(C(=O)c2cnc(-c3ccc(C(=O)Nc4ccc(=O)[nH]c4)cc3F)nc2)C2CC2)CC1. The Balaban J connectivity index is 1.24. The number of halogens is 1. The Morgan fingerprint density at radius 2 is 1.67 bits per heavy atom. The number of carbonyl (C=O) groups is 3. The fraction of sp³-hybridized carbons (Fsp3) is 0.400. The van der Waals surface area contributed by atoms with Crippen LogP contribution in [0.2, 0.25) is 0 Å². The molecule has 220 valence electrons. The first-order valence-electron chi connectivity index (χ1n) is 13.9. The first-order valence-corrected chi connectivity index (χ1v) is 13.9. The Kier molecular flexibility index (Phi) is 8.06. The second-order valence-electron chi connectivity index (χ2n) is 11.5. The molecular weight excluding hydrogens is 543 g/mol. The van der Waals surface area contributed by atoms with Gasteiger partial charge in [0, 0.05) is 55.4 Å². The molecule has 12 heteroatoms. The number of nitrogens with one attached hydrogen (secondary N) is 2.